The smallest absolute Gasteiger partial charge is 0.0300 e. The molecule has 0 heteroatoms. The first-order valence-electron chi connectivity index (χ1n) is 5.22. The van der Waals surface area contributed by atoms with Gasteiger partial charge < -0.3 is 0 Å². The minimum absolute atomic E-state index is 0.773. The molecule has 0 heterocycles. The van der Waals surface area contributed by atoms with Gasteiger partial charge in [-0.3, -0.25) is 0 Å². The number of rotatable bonds is 6. The Balaban J connectivity index is 3.44. The van der Waals surface area contributed by atoms with Gasteiger partial charge in [0.25, 0.3) is 0 Å². The minimum atomic E-state index is 0.773. The molecule has 0 aromatic heterocycles. The first kappa shape index (κ1) is 11.7. The van der Waals surface area contributed by atoms with E-state index < -0.39 is 0 Å². The summed E-state index contributed by atoms with van der Waals surface area (Å²) in [6.07, 6.45) is 5.06. The average molecular weight is 168 g/mol. The summed E-state index contributed by atoms with van der Waals surface area (Å²) < 4.78 is 0. The van der Waals surface area contributed by atoms with Gasteiger partial charge in [-0.15, -0.1) is 0 Å². The van der Waals surface area contributed by atoms with E-state index in [9.17, 15) is 0 Å². The third kappa shape index (κ3) is 6.45. The molecule has 72 valence electrons. The molecule has 0 bridgehead atoms. The molecule has 0 aromatic carbocycles. The predicted octanol–water partition coefficient (Wildman–Crippen LogP) is 4.42. The van der Waals surface area contributed by atoms with Gasteiger partial charge >= 0.3 is 0 Å². The zero-order chi connectivity index (χ0) is 9.56. The first-order valence-corrected chi connectivity index (χ1v) is 5.22. The van der Waals surface area contributed by atoms with E-state index in [1.807, 2.05) is 0 Å². The molecular weight excluding hydrogens is 144 g/mol. The topological polar surface area (TPSA) is 0 Å². The average Bonchev–Trinajstić information content (AvgIpc) is 1.99. The molecule has 0 aromatic rings. The summed E-state index contributed by atoms with van der Waals surface area (Å²) in [6.45, 7) is 13.2. The van der Waals surface area contributed by atoms with Gasteiger partial charge in [-0.1, -0.05) is 46.3 Å². The molecule has 0 aliphatic carbocycles. The third-order valence-electron chi connectivity index (χ3n) is 2.38. The molecule has 0 fully saturated rings. The lowest BCUT2D eigenvalue weighted by Crippen LogP contribution is -1.95. The Hall–Kier alpha value is -0.260. The highest BCUT2D eigenvalue weighted by molar-refractivity contribution is 4.94. The molecular formula is C12H24. The van der Waals surface area contributed by atoms with Crippen molar-refractivity contribution >= 4 is 0 Å². The van der Waals surface area contributed by atoms with E-state index in [-0.39, 0.29) is 0 Å². The molecule has 0 spiro atoms. The molecule has 0 rings (SSSR count). The van der Waals surface area contributed by atoms with Gasteiger partial charge in [0.2, 0.25) is 0 Å². The molecule has 0 amide bonds. The third-order valence-corrected chi connectivity index (χ3v) is 2.38. The molecule has 0 N–H and O–H groups in total. The SMILES string of the molecule is C=C(CCC(C)CC)CC(C)C. The minimum Gasteiger partial charge on any atom is -0.0999 e. The van der Waals surface area contributed by atoms with Crippen LogP contribution in [0.4, 0.5) is 0 Å². The lowest BCUT2D eigenvalue weighted by molar-refractivity contribution is 0.502. The summed E-state index contributed by atoms with van der Waals surface area (Å²) in [6, 6.07) is 0. The van der Waals surface area contributed by atoms with Crippen LogP contribution >= 0.6 is 0 Å². The summed E-state index contributed by atoms with van der Waals surface area (Å²) >= 11 is 0. The Morgan fingerprint density at radius 3 is 2.25 bits per heavy atom. The van der Waals surface area contributed by atoms with Crippen molar-refractivity contribution in [2.24, 2.45) is 11.8 Å². The van der Waals surface area contributed by atoms with Gasteiger partial charge in [-0.2, -0.15) is 0 Å². The summed E-state index contributed by atoms with van der Waals surface area (Å²) in [4.78, 5) is 0. The first-order chi connectivity index (χ1) is 5.56. The van der Waals surface area contributed by atoms with Crippen molar-refractivity contribution < 1.29 is 0 Å². The maximum atomic E-state index is 4.10. The van der Waals surface area contributed by atoms with Gasteiger partial charge in [-0.25, -0.2) is 0 Å². The highest BCUT2D eigenvalue weighted by atomic mass is 14.1. The van der Waals surface area contributed by atoms with Crippen LogP contribution in [0.1, 0.15) is 53.4 Å². The zero-order valence-electron chi connectivity index (χ0n) is 9.19. The summed E-state index contributed by atoms with van der Waals surface area (Å²) in [7, 11) is 0. The summed E-state index contributed by atoms with van der Waals surface area (Å²) in [5.41, 5.74) is 1.44. The molecule has 0 aliphatic heterocycles. The molecule has 1 unspecified atom stereocenters. The second kappa shape index (κ2) is 6.28. The number of hydrogen-bond donors (Lipinski definition) is 0. The Morgan fingerprint density at radius 2 is 1.83 bits per heavy atom. The Labute approximate surface area is 78.1 Å². The van der Waals surface area contributed by atoms with Crippen molar-refractivity contribution in [3.8, 4) is 0 Å². The monoisotopic (exact) mass is 168 g/mol. The molecule has 12 heavy (non-hydrogen) atoms. The maximum Gasteiger partial charge on any atom is -0.0300 e. The van der Waals surface area contributed by atoms with E-state index in [1.54, 1.807) is 0 Å². The Morgan fingerprint density at radius 1 is 1.25 bits per heavy atom. The van der Waals surface area contributed by atoms with Crippen molar-refractivity contribution in [3.63, 3.8) is 0 Å². The fourth-order valence-corrected chi connectivity index (χ4v) is 1.33. The highest BCUT2D eigenvalue weighted by Gasteiger charge is 2.02. The number of hydrogen-bond acceptors (Lipinski definition) is 0. The van der Waals surface area contributed by atoms with Crippen LogP contribution in [0, 0.1) is 11.8 Å². The largest absolute Gasteiger partial charge is 0.0999 e. The second-order valence-electron chi connectivity index (χ2n) is 4.40. The normalized spacial score (nSPS) is 13.4. The van der Waals surface area contributed by atoms with Crippen molar-refractivity contribution in [1.82, 2.24) is 0 Å². The van der Waals surface area contributed by atoms with E-state index in [0.29, 0.717) is 0 Å². The highest BCUT2D eigenvalue weighted by Crippen LogP contribution is 2.18. The van der Waals surface area contributed by atoms with E-state index in [0.717, 1.165) is 11.8 Å². The standard InChI is InChI=1S/C12H24/c1-6-11(4)7-8-12(5)9-10(2)3/h10-11H,5-9H2,1-4H3. The number of allylic oxidation sites excluding steroid dienone is 1. The molecule has 0 saturated heterocycles. The van der Waals surface area contributed by atoms with E-state index in [4.69, 9.17) is 0 Å². The van der Waals surface area contributed by atoms with Crippen LogP contribution in [0.2, 0.25) is 0 Å². The van der Waals surface area contributed by atoms with E-state index >= 15 is 0 Å². The van der Waals surface area contributed by atoms with Crippen molar-refractivity contribution in [1.29, 1.82) is 0 Å². The maximum absolute atomic E-state index is 4.10. The lowest BCUT2D eigenvalue weighted by atomic mass is 9.95. The Kier molecular flexibility index (Phi) is 6.14. The van der Waals surface area contributed by atoms with E-state index in [1.165, 1.54) is 31.3 Å². The molecule has 0 radical (unpaired) electrons. The van der Waals surface area contributed by atoms with Crippen molar-refractivity contribution in [3.05, 3.63) is 12.2 Å². The van der Waals surface area contributed by atoms with Gasteiger partial charge in [0, 0.05) is 0 Å². The molecule has 1 atom stereocenters. The quantitative estimate of drug-likeness (QED) is 0.515. The van der Waals surface area contributed by atoms with Crippen LogP contribution in [0.5, 0.6) is 0 Å². The predicted molar refractivity (Wildman–Crippen MR) is 57.3 cm³/mol. The van der Waals surface area contributed by atoms with Crippen LogP contribution in [0.25, 0.3) is 0 Å². The van der Waals surface area contributed by atoms with Crippen LogP contribution in [0.15, 0.2) is 12.2 Å². The Bertz CT molecular complexity index is 122. The van der Waals surface area contributed by atoms with Crippen molar-refractivity contribution in [2.75, 3.05) is 0 Å². The molecule has 0 aliphatic rings. The molecule has 0 saturated carbocycles. The fraction of sp³-hybridized carbons (Fsp3) is 0.833. The zero-order valence-corrected chi connectivity index (χ0v) is 9.19. The van der Waals surface area contributed by atoms with Gasteiger partial charge in [-0.05, 0) is 31.1 Å². The van der Waals surface area contributed by atoms with Crippen LogP contribution in [0.3, 0.4) is 0 Å². The summed E-state index contributed by atoms with van der Waals surface area (Å²) in [5.74, 6) is 1.64. The fourth-order valence-electron chi connectivity index (χ4n) is 1.33. The van der Waals surface area contributed by atoms with Crippen molar-refractivity contribution in [2.45, 2.75) is 53.4 Å². The second-order valence-corrected chi connectivity index (χ2v) is 4.40. The van der Waals surface area contributed by atoms with Gasteiger partial charge in [0.05, 0.1) is 0 Å². The van der Waals surface area contributed by atoms with E-state index in [2.05, 4.69) is 34.3 Å². The summed E-state index contributed by atoms with van der Waals surface area (Å²) in [5, 5.41) is 0. The van der Waals surface area contributed by atoms with Crippen LogP contribution < -0.4 is 0 Å². The van der Waals surface area contributed by atoms with Gasteiger partial charge in [0.1, 0.15) is 0 Å². The van der Waals surface area contributed by atoms with Crippen LogP contribution in [-0.2, 0) is 0 Å². The molecule has 0 nitrogen and oxygen atoms in total. The lowest BCUT2D eigenvalue weighted by Gasteiger charge is -2.11. The van der Waals surface area contributed by atoms with Crippen LogP contribution in [-0.4, -0.2) is 0 Å². The van der Waals surface area contributed by atoms with Gasteiger partial charge in [0.15, 0.2) is 0 Å².